The minimum absolute atomic E-state index is 0.0897. The average Bonchev–Trinajstić information content (AvgIpc) is 3.10. The van der Waals surface area contributed by atoms with Crippen LogP contribution in [0.4, 0.5) is 10.5 Å². The Kier molecular flexibility index (Phi) is 7.66. The van der Waals surface area contributed by atoms with E-state index in [0.29, 0.717) is 11.7 Å². The number of benzene rings is 1. The number of imide groups is 1. The highest BCUT2D eigenvalue weighted by Crippen LogP contribution is 2.26. The molecule has 2 aromatic rings. The minimum Gasteiger partial charge on any atom is -0.372 e. The molecule has 0 radical (unpaired) electrons. The largest absolute Gasteiger partial charge is 0.372 e. The third kappa shape index (κ3) is 5.22. The molecule has 0 spiro atoms. The highest BCUT2D eigenvalue weighted by Gasteiger charge is 2.15. The van der Waals surface area contributed by atoms with Gasteiger partial charge in [0.25, 0.3) is 0 Å². The van der Waals surface area contributed by atoms with E-state index in [1.165, 1.54) is 24.5 Å². The van der Waals surface area contributed by atoms with Gasteiger partial charge in [0.15, 0.2) is 11.0 Å². The second-order valence-electron chi connectivity index (χ2n) is 5.69. The molecule has 146 valence electrons. The van der Waals surface area contributed by atoms with Crippen molar-refractivity contribution in [2.24, 2.45) is 0 Å². The minimum atomic E-state index is -0.522. The fourth-order valence-corrected chi connectivity index (χ4v) is 3.46. The van der Waals surface area contributed by atoms with E-state index in [2.05, 4.69) is 51.7 Å². The molecule has 0 aliphatic rings. The summed E-state index contributed by atoms with van der Waals surface area (Å²) in [5.74, 6) is 0.472. The predicted octanol–water partition coefficient (Wildman–Crippen LogP) is 2.36. The second kappa shape index (κ2) is 9.96. The van der Waals surface area contributed by atoms with Gasteiger partial charge in [-0.05, 0) is 45.0 Å². The second-order valence-corrected chi connectivity index (χ2v) is 6.63. The summed E-state index contributed by atoms with van der Waals surface area (Å²) >= 11 is 1.25. The lowest BCUT2D eigenvalue weighted by atomic mass is 10.2. The molecule has 8 nitrogen and oxygen atoms in total. The van der Waals surface area contributed by atoms with Gasteiger partial charge in [-0.25, -0.2) is 4.79 Å². The fraction of sp³-hybridized carbons (Fsp3) is 0.444. The maximum Gasteiger partial charge on any atom is 0.321 e. The topological polar surface area (TPSA) is 92.2 Å². The Labute approximate surface area is 163 Å². The first-order chi connectivity index (χ1) is 13.0. The molecular weight excluding hydrogens is 364 g/mol. The molecule has 0 saturated carbocycles. The molecule has 0 unspecified atom stereocenters. The van der Waals surface area contributed by atoms with E-state index in [0.717, 1.165) is 24.5 Å². The number of carbonyl (C=O) groups is 2. The third-order valence-electron chi connectivity index (χ3n) is 4.10. The van der Waals surface area contributed by atoms with Crippen LogP contribution in [-0.2, 0) is 11.3 Å². The van der Waals surface area contributed by atoms with E-state index in [1.807, 2.05) is 23.6 Å². The average molecular weight is 391 g/mol. The Morgan fingerprint density at radius 3 is 2.33 bits per heavy atom. The lowest BCUT2D eigenvalue weighted by molar-refractivity contribution is -0.117. The molecule has 1 aromatic carbocycles. The van der Waals surface area contributed by atoms with Crippen LogP contribution in [0.25, 0.3) is 11.4 Å². The maximum atomic E-state index is 11.8. The number of rotatable bonds is 8. The molecule has 27 heavy (non-hydrogen) atoms. The molecular formula is C18H26N6O2S. The van der Waals surface area contributed by atoms with Gasteiger partial charge < -0.3 is 14.8 Å². The van der Waals surface area contributed by atoms with Gasteiger partial charge in [-0.2, -0.15) is 0 Å². The van der Waals surface area contributed by atoms with Crippen LogP contribution in [0.3, 0.4) is 0 Å². The highest BCUT2D eigenvalue weighted by atomic mass is 32.2. The summed E-state index contributed by atoms with van der Waals surface area (Å²) in [5, 5.41) is 13.7. The van der Waals surface area contributed by atoms with Crippen LogP contribution in [0.15, 0.2) is 29.4 Å². The van der Waals surface area contributed by atoms with Gasteiger partial charge in [0, 0.05) is 37.9 Å². The van der Waals surface area contributed by atoms with Gasteiger partial charge in [0.05, 0.1) is 5.75 Å². The summed E-state index contributed by atoms with van der Waals surface area (Å²) < 4.78 is 1.96. The molecule has 1 heterocycles. The van der Waals surface area contributed by atoms with Crippen LogP contribution in [0, 0.1) is 0 Å². The smallest absolute Gasteiger partial charge is 0.321 e. The van der Waals surface area contributed by atoms with Gasteiger partial charge in [-0.3, -0.25) is 10.1 Å². The lowest BCUT2D eigenvalue weighted by Crippen LogP contribution is -2.38. The molecule has 0 atom stereocenters. The molecule has 3 amide bonds. The number of anilines is 1. The molecule has 2 rings (SSSR count). The standard InChI is InChI=1S/C18H26N6O2S/c1-5-23(6-2)14-10-8-13(9-11-14)16-21-22-18(24(16)7-3)27-12-15(25)20-17(26)19-4/h8-11H,5-7,12H2,1-4H3,(H2,19,20,25,26). The zero-order valence-electron chi connectivity index (χ0n) is 16.2. The summed E-state index contributed by atoms with van der Waals surface area (Å²) in [7, 11) is 1.46. The molecule has 9 heteroatoms. The molecule has 0 aliphatic heterocycles. The normalized spacial score (nSPS) is 10.5. The van der Waals surface area contributed by atoms with Gasteiger partial charge in [0.1, 0.15) is 0 Å². The Balaban J connectivity index is 2.13. The van der Waals surface area contributed by atoms with Crippen LogP contribution in [-0.4, -0.2) is 52.6 Å². The summed E-state index contributed by atoms with van der Waals surface area (Å²) in [6.45, 7) is 8.87. The van der Waals surface area contributed by atoms with Crippen molar-refractivity contribution in [3.05, 3.63) is 24.3 Å². The SMILES string of the molecule is CCN(CC)c1ccc(-c2nnc(SCC(=O)NC(=O)NC)n2CC)cc1. The first kappa shape index (κ1) is 20.8. The van der Waals surface area contributed by atoms with E-state index in [4.69, 9.17) is 0 Å². The van der Waals surface area contributed by atoms with Crippen molar-refractivity contribution in [3.8, 4) is 11.4 Å². The number of nitrogens with zero attached hydrogens (tertiary/aromatic N) is 4. The van der Waals surface area contributed by atoms with E-state index in [9.17, 15) is 9.59 Å². The van der Waals surface area contributed by atoms with Crippen LogP contribution < -0.4 is 15.5 Å². The van der Waals surface area contributed by atoms with Crippen molar-refractivity contribution in [1.82, 2.24) is 25.4 Å². The number of urea groups is 1. The van der Waals surface area contributed by atoms with Crippen LogP contribution in [0.2, 0.25) is 0 Å². The number of hydrogen-bond acceptors (Lipinski definition) is 6. The Morgan fingerprint density at radius 2 is 1.78 bits per heavy atom. The van der Waals surface area contributed by atoms with Crippen LogP contribution in [0.5, 0.6) is 0 Å². The van der Waals surface area contributed by atoms with Crippen molar-refractivity contribution in [1.29, 1.82) is 0 Å². The van der Waals surface area contributed by atoms with E-state index in [1.54, 1.807) is 0 Å². The number of amides is 3. The van der Waals surface area contributed by atoms with Gasteiger partial charge in [-0.1, -0.05) is 11.8 Å². The molecule has 0 saturated heterocycles. The summed E-state index contributed by atoms with van der Waals surface area (Å²) in [6.07, 6.45) is 0. The molecule has 0 bridgehead atoms. The summed E-state index contributed by atoms with van der Waals surface area (Å²) in [5.41, 5.74) is 2.15. The molecule has 1 aromatic heterocycles. The predicted molar refractivity (Wildman–Crippen MR) is 108 cm³/mol. The zero-order valence-corrected chi connectivity index (χ0v) is 17.0. The Bertz CT molecular complexity index is 771. The highest BCUT2D eigenvalue weighted by molar-refractivity contribution is 7.99. The number of thioether (sulfide) groups is 1. The molecule has 0 aliphatic carbocycles. The summed E-state index contributed by atoms with van der Waals surface area (Å²) in [4.78, 5) is 25.2. The van der Waals surface area contributed by atoms with Gasteiger partial charge >= 0.3 is 6.03 Å². The third-order valence-corrected chi connectivity index (χ3v) is 5.07. The fourth-order valence-electron chi connectivity index (χ4n) is 2.66. The Hall–Kier alpha value is -2.55. The number of hydrogen-bond donors (Lipinski definition) is 2. The van der Waals surface area contributed by atoms with Crippen molar-refractivity contribution < 1.29 is 9.59 Å². The maximum absolute atomic E-state index is 11.8. The first-order valence-electron chi connectivity index (χ1n) is 8.96. The van der Waals surface area contributed by atoms with Crippen molar-refractivity contribution in [2.45, 2.75) is 32.5 Å². The molecule has 2 N–H and O–H groups in total. The van der Waals surface area contributed by atoms with E-state index >= 15 is 0 Å². The number of nitrogens with one attached hydrogen (secondary N) is 2. The van der Waals surface area contributed by atoms with E-state index < -0.39 is 6.03 Å². The van der Waals surface area contributed by atoms with Crippen LogP contribution in [0.1, 0.15) is 20.8 Å². The lowest BCUT2D eigenvalue weighted by Gasteiger charge is -2.21. The number of carbonyl (C=O) groups excluding carboxylic acids is 2. The molecule has 0 fully saturated rings. The van der Waals surface area contributed by atoms with Crippen molar-refractivity contribution in [2.75, 3.05) is 30.8 Å². The van der Waals surface area contributed by atoms with Gasteiger partial charge in [0.2, 0.25) is 5.91 Å². The monoisotopic (exact) mass is 390 g/mol. The quantitative estimate of drug-likeness (QED) is 0.672. The van der Waals surface area contributed by atoms with Crippen molar-refractivity contribution in [3.63, 3.8) is 0 Å². The van der Waals surface area contributed by atoms with Crippen molar-refractivity contribution >= 4 is 29.4 Å². The van der Waals surface area contributed by atoms with Crippen LogP contribution >= 0.6 is 11.8 Å². The number of aromatic nitrogens is 3. The summed E-state index contributed by atoms with van der Waals surface area (Å²) in [6, 6.07) is 7.72. The van der Waals surface area contributed by atoms with Gasteiger partial charge in [-0.15, -0.1) is 10.2 Å². The first-order valence-corrected chi connectivity index (χ1v) is 9.95. The van der Waals surface area contributed by atoms with E-state index in [-0.39, 0.29) is 11.7 Å². The zero-order chi connectivity index (χ0) is 19.8. The Morgan fingerprint density at radius 1 is 1.11 bits per heavy atom.